The van der Waals surface area contributed by atoms with Crippen LogP contribution in [0, 0.1) is 0 Å². The smallest absolute Gasteiger partial charge is 0.130 e. The number of hydrogen-bond donors (Lipinski definition) is 0. The van der Waals surface area contributed by atoms with Gasteiger partial charge in [-0.05, 0) is 85.5 Å². The molecule has 1 heterocycles. The summed E-state index contributed by atoms with van der Waals surface area (Å²) in [6, 6.07) is -2.04. The average Bonchev–Trinajstić information content (AvgIpc) is 3.62. The molecule has 43 heavy (non-hydrogen) atoms. The highest BCUT2D eigenvalue weighted by atomic mass is 16.5. The van der Waals surface area contributed by atoms with Gasteiger partial charge in [0.15, 0.2) is 0 Å². The number of para-hydroxylation sites is 1. The van der Waals surface area contributed by atoms with Gasteiger partial charge in [0.25, 0.3) is 0 Å². The van der Waals surface area contributed by atoms with E-state index in [9.17, 15) is 6.85 Å². The maximum atomic E-state index is 9.39. The van der Waals surface area contributed by atoms with Gasteiger partial charge in [-0.3, -0.25) is 0 Å². The fraction of sp³-hybridized carbons (Fsp3) is 0.0952. The zero-order valence-electron chi connectivity index (χ0n) is 37.7. The summed E-state index contributed by atoms with van der Waals surface area (Å²) in [6.45, 7) is 0. The summed E-state index contributed by atoms with van der Waals surface area (Å²) in [5, 5.41) is -1.57. The summed E-state index contributed by atoms with van der Waals surface area (Å²) in [6.07, 6.45) is 9.39. The molecule has 0 N–H and O–H groups in total. The van der Waals surface area contributed by atoms with Gasteiger partial charge in [0, 0.05) is 17.1 Å². The maximum Gasteiger partial charge on any atom is 0.130 e. The Bertz CT molecular complexity index is 2980. The lowest BCUT2D eigenvalue weighted by Crippen LogP contribution is -2.08. The van der Waals surface area contributed by atoms with Crippen molar-refractivity contribution in [2.24, 2.45) is 0 Å². The van der Waals surface area contributed by atoms with Gasteiger partial charge in [-0.15, -0.1) is 0 Å². The standard InChI is InChI=1S/C42H30O/c1-2-16-30-27(12-1)13-10-23-33(30)41-36-20-5-3-18-34(36)40(35-19-4-6-21-37(35)41)29-15-9-14-28(26-29)31-22-11-24-38-32-17-7-8-25-39(32)43-42(31)38/h1-8,10-14,16-23,25-26,38H,9,15,24H2/i1D,2D,3D,4D,5D,6D,10D,12D,13D,16D,18D,19D,20D,21D,23D. The highest BCUT2D eigenvalue weighted by Gasteiger charge is 2.33. The first-order chi connectivity index (χ1) is 27.6. The summed E-state index contributed by atoms with van der Waals surface area (Å²) in [5.41, 5.74) is 2.49. The van der Waals surface area contributed by atoms with E-state index in [2.05, 4.69) is 6.08 Å². The molecule has 2 aliphatic carbocycles. The molecule has 1 heteroatoms. The molecular formula is C42H30O. The maximum absolute atomic E-state index is 9.39. The van der Waals surface area contributed by atoms with Crippen LogP contribution in [0.2, 0.25) is 0 Å². The van der Waals surface area contributed by atoms with Gasteiger partial charge in [-0.1, -0.05) is 133 Å². The van der Waals surface area contributed by atoms with Crippen LogP contribution in [-0.4, -0.2) is 0 Å². The van der Waals surface area contributed by atoms with E-state index in [1.54, 1.807) is 0 Å². The third-order valence-corrected chi connectivity index (χ3v) is 8.43. The van der Waals surface area contributed by atoms with E-state index in [1.807, 2.05) is 42.5 Å². The van der Waals surface area contributed by atoms with Gasteiger partial charge in [-0.25, -0.2) is 0 Å². The van der Waals surface area contributed by atoms with E-state index in [4.69, 9.17) is 18.4 Å². The fourth-order valence-electron chi connectivity index (χ4n) is 6.59. The van der Waals surface area contributed by atoms with Crippen molar-refractivity contribution in [3.8, 4) is 16.9 Å². The monoisotopic (exact) mass is 565 g/mol. The fourth-order valence-corrected chi connectivity index (χ4v) is 6.59. The third kappa shape index (κ3) is 3.78. The Morgan fingerprint density at radius 1 is 0.698 bits per heavy atom. The Balaban J connectivity index is 1.48. The predicted octanol–water partition coefficient (Wildman–Crippen LogP) is 11.3. The summed E-state index contributed by atoms with van der Waals surface area (Å²) >= 11 is 0. The minimum Gasteiger partial charge on any atom is -0.460 e. The van der Waals surface area contributed by atoms with E-state index in [0.717, 1.165) is 34.6 Å². The molecule has 0 bridgehead atoms. The Hall–Kier alpha value is -5.14. The number of ether oxygens (including phenoxy) is 1. The summed E-state index contributed by atoms with van der Waals surface area (Å²) in [7, 11) is 0. The number of fused-ring (bicyclic) bond motifs is 6. The quantitative estimate of drug-likeness (QED) is 0.194. The minimum atomic E-state index is -0.742. The molecule has 204 valence electrons. The number of rotatable bonds is 3. The largest absolute Gasteiger partial charge is 0.460 e. The molecule has 1 unspecified atom stereocenters. The van der Waals surface area contributed by atoms with Crippen LogP contribution in [-0.2, 0) is 0 Å². The SMILES string of the molecule is [2H]c1c([2H])c([2H])c2c(-c3c4c([2H])c([2H])c([2H])c([2H])c4c(C4=CC(C5=C6Oc7ccccc7C6CC=C5)=CCC4)c4c([2H])c([2H])c([2H])c([2H])c34)c([2H])c([2H])c([2H])c2c1[2H]. The predicted molar refractivity (Wildman–Crippen MR) is 180 cm³/mol. The molecule has 1 nitrogen and oxygen atoms in total. The lowest BCUT2D eigenvalue weighted by molar-refractivity contribution is 0.421. The molecule has 1 atom stereocenters. The van der Waals surface area contributed by atoms with E-state index in [0.29, 0.717) is 18.4 Å². The van der Waals surface area contributed by atoms with Crippen LogP contribution >= 0.6 is 0 Å². The highest BCUT2D eigenvalue weighted by molar-refractivity contribution is 6.21. The summed E-state index contributed by atoms with van der Waals surface area (Å²) in [5.74, 6) is 1.48. The molecule has 0 spiro atoms. The van der Waals surface area contributed by atoms with Gasteiger partial charge < -0.3 is 4.74 Å². The second kappa shape index (κ2) is 9.71. The van der Waals surface area contributed by atoms with E-state index in [-0.39, 0.29) is 44.0 Å². The zero-order valence-corrected chi connectivity index (χ0v) is 22.7. The van der Waals surface area contributed by atoms with Crippen LogP contribution in [0.15, 0.2) is 156 Å². The van der Waals surface area contributed by atoms with Gasteiger partial charge in [0.1, 0.15) is 11.5 Å². The van der Waals surface area contributed by atoms with Crippen molar-refractivity contribution in [1.29, 1.82) is 0 Å². The lowest BCUT2D eigenvalue weighted by atomic mass is 9.80. The van der Waals surface area contributed by atoms with Crippen molar-refractivity contribution in [2.45, 2.75) is 25.2 Å². The molecule has 0 saturated heterocycles. The Kier molecular flexibility index (Phi) is 3.14. The number of allylic oxidation sites excluding steroid dienone is 8. The normalized spacial score (nSPS) is 22.4. The highest BCUT2D eigenvalue weighted by Crippen LogP contribution is 2.49. The summed E-state index contributed by atoms with van der Waals surface area (Å²) < 4.78 is 141. The second-order valence-corrected chi connectivity index (χ2v) is 10.7. The van der Waals surface area contributed by atoms with E-state index < -0.39 is 102 Å². The van der Waals surface area contributed by atoms with Crippen LogP contribution in [0.1, 0.15) is 56.9 Å². The molecule has 0 radical (unpaired) electrons. The Labute approximate surface area is 272 Å². The molecule has 1 aliphatic heterocycles. The van der Waals surface area contributed by atoms with Gasteiger partial charge in [0.2, 0.25) is 0 Å². The molecular weight excluding hydrogens is 520 g/mol. The zero-order chi connectivity index (χ0) is 41.4. The van der Waals surface area contributed by atoms with Crippen LogP contribution in [0.3, 0.4) is 0 Å². The molecule has 0 fully saturated rings. The molecule has 0 amide bonds. The number of hydrogen-bond acceptors (Lipinski definition) is 1. The van der Waals surface area contributed by atoms with Gasteiger partial charge >= 0.3 is 0 Å². The van der Waals surface area contributed by atoms with Gasteiger partial charge in [0.05, 0.1) is 20.6 Å². The molecule has 0 saturated carbocycles. The van der Waals surface area contributed by atoms with Crippen molar-refractivity contribution in [1.82, 2.24) is 0 Å². The van der Waals surface area contributed by atoms with Crippen molar-refractivity contribution >= 4 is 37.9 Å². The first-order valence-corrected chi connectivity index (χ1v) is 14.1. The van der Waals surface area contributed by atoms with Crippen molar-refractivity contribution in [2.75, 3.05) is 0 Å². The van der Waals surface area contributed by atoms with Crippen LogP contribution in [0.5, 0.6) is 5.75 Å². The molecule has 3 aliphatic rings. The minimum absolute atomic E-state index is 0.0246. The molecule has 6 aromatic carbocycles. The molecule has 0 aromatic heterocycles. The summed E-state index contributed by atoms with van der Waals surface area (Å²) in [4.78, 5) is 0. The van der Waals surface area contributed by atoms with Gasteiger partial charge in [-0.2, -0.15) is 0 Å². The topological polar surface area (TPSA) is 9.23 Å². The average molecular weight is 566 g/mol. The van der Waals surface area contributed by atoms with E-state index in [1.165, 1.54) is 0 Å². The van der Waals surface area contributed by atoms with Crippen LogP contribution < -0.4 is 4.74 Å². The third-order valence-electron chi connectivity index (χ3n) is 8.43. The second-order valence-electron chi connectivity index (χ2n) is 10.7. The van der Waals surface area contributed by atoms with Crippen molar-refractivity contribution < 1.29 is 25.3 Å². The van der Waals surface area contributed by atoms with Crippen LogP contribution in [0.25, 0.3) is 49.0 Å². The Morgan fingerprint density at radius 3 is 2.16 bits per heavy atom. The number of benzene rings is 6. The van der Waals surface area contributed by atoms with Crippen molar-refractivity contribution in [3.05, 3.63) is 167 Å². The Morgan fingerprint density at radius 2 is 1.37 bits per heavy atom. The lowest BCUT2D eigenvalue weighted by Gasteiger charge is -2.24. The van der Waals surface area contributed by atoms with Crippen molar-refractivity contribution in [3.63, 3.8) is 0 Å². The first-order valence-electron chi connectivity index (χ1n) is 21.6. The molecule has 9 rings (SSSR count). The first kappa shape index (κ1) is 13.9. The van der Waals surface area contributed by atoms with Crippen LogP contribution in [0.4, 0.5) is 0 Å². The molecule has 6 aromatic rings. The van der Waals surface area contributed by atoms with E-state index >= 15 is 0 Å².